The Labute approximate surface area is 235 Å². The van der Waals surface area contributed by atoms with Gasteiger partial charge in [0.25, 0.3) is 0 Å². The monoisotopic (exact) mass is 690 g/mol. The van der Waals surface area contributed by atoms with Crippen molar-refractivity contribution >= 4 is 17.1 Å². The first-order valence-corrected chi connectivity index (χ1v) is 12.2. The van der Waals surface area contributed by atoms with Crippen molar-refractivity contribution in [3.05, 3.63) is 48.5 Å². The van der Waals surface area contributed by atoms with Crippen molar-refractivity contribution in [3.8, 4) is 0 Å². The van der Waals surface area contributed by atoms with Crippen molar-refractivity contribution < 1.29 is 116 Å². The number of hydrogen-bond acceptors (Lipinski definition) is 24. The van der Waals surface area contributed by atoms with E-state index in [1.807, 2.05) is 0 Å². The average Bonchev–Trinajstić information content (AvgIpc) is 2.75. The highest BCUT2D eigenvalue weighted by Crippen LogP contribution is 2.30. The minimum atomic E-state index is -4.94. The van der Waals surface area contributed by atoms with Gasteiger partial charge in [0.2, 0.25) is 20.2 Å². The van der Waals surface area contributed by atoms with Crippen LogP contribution in [-0.4, -0.2) is 35.3 Å². The lowest BCUT2D eigenvalue weighted by atomic mass is 10.2. The maximum Gasteiger partial charge on any atom is 0.202 e. The molecule has 42 heavy (non-hydrogen) atoms. The van der Waals surface area contributed by atoms with Crippen molar-refractivity contribution in [2.75, 3.05) is 35.2 Å². The number of nitrogens with zero attached hydrogens (tertiary/aromatic N) is 6. The average molecular weight is 692 g/mol. The van der Waals surface area contributed by atoms with Gasteiger partial charge in [-0.05, 0) is 18.2 Å². The number of hydrazine groups is 3. The number of benzene rings is 1. The Bertz CT molecular complexity index is 811. The highest BCUT2D eigenvalue weighted by Gasteiger charge is 2.28. The van der Waals surface area contributed by atoms with Crippen LogP contribution in [-0.2, 0) is 14.5 Å². The molecule has 0 aliphatic rings. The Balaban J connectivity index is -0.000000828. The van der Waals surface area contributed by atoms with Crippen LogP contribution < -0.4 is 88.6 Å². The van der Waals surface area contributed by atoms with E-state index in [4.69, 9.17) is 73.6 Å². The zero-order chi connectivity index (χ0) is 34.1. The predicted octanol–water partition coefficient (Wildman–Crippen LogP) is -16.0. The molecule has 246 valence electrons. The van der Waals surface area contributed by atoms with Gasteiger partial charge in [-0.3, -0.25) is 14.5 Å². The van der Waals surface area contributed by atoms with Gasteiger partial charge in [0.1, 0.15) is 17.1 Å². The fourth-order valence-corrected chi connectivity index (χ4v) is 1.89. The summed E-state index contributed by atoms with van der Waals surface area (Å²) in [7, 11) is -14.8. The molecule has 1 aromatic carbocycles. The van der Waals surface area contributed by atoms with Crippen LogP contribution in [0.5, 0.6) is 0 Å². The molecular weight excluding hydrogens is 677 g/mol. The number of nitro groups is 3. The summed E-state index contributed by atoms with van der Waals surface area (Å²) in [5.41, 5.74) is -1.03. The largest absolute Gasteiger partial charge is 0.277 e. The zero-order valence-electron chi connectivity index (χ0n) is 19.5. The van der Waals surface area contributed by atoms with E-state index in [0.717, 1.165) is 18.2 Å². The van der Waals surface area contributed by atoms with E-state index in [1.165, 1.54) is 0 Å². The highest BCUT2D eigenvalue weighted by atomic mass is 35.7. The molecule has 0 saturated heterocycles. The predicted molar refractivity (Wildman–Crippen MR) is 85.3 cm³/mol. The summed E-state index contributed by atoms with van der Waals surface area (Å²) in [6, 6.07) is 2.90. The van der Waals surface area contributed by atoms with Crippen molar-refractivity contribution in [3.63, 3.8) is 0 Å². The number of hydrogen-bond donors (Lipinski definition) is 3. The molecule has 0 fully saturated rings. The van der Waals surface area contributed by atoms with Gasteiger partial charge in [-0.15, -0.1) is 30.7 Å². The van der Waals surface area contributed by atoms with Gasteiger partial charge >= 0.3 is 0 Å². The quantitative estimate of drug-likeness (QED) is 0.104. The summed E-state index contributed by atoms with van der Waals surface area (Å²) in [4.78, 5) is 46.2. The third-order valence-corrected chi connectivity index (χ3v) is 2.96. The molecule has 0 bridgehead atoms. The smallest absolute Gasteiger partial charge is 0.202 e. The van der Waals surface area contributed by atoms with Gasteiger partial charge in [0.15, 0.2) is 15.1 Å². The van der Waals surface area contributed by atoms with Gasteiger partial charge in [0.05, 0.1) is 0 Å². The van der Waals surface area contributed by atoms with Crippen LogP contribution in [0.4, 0.5) is 17.1 Å². The van der Waals surface area contributed by atoms with Gasteiger partial charge in [-0.2, -0.15) is 0 Å². The summed E-state index contributed by atoms with van der Waals surface area (Å²) >= 11 is 0. The second-order valence-electron chi connectivity index (χ2n) is 5.64. The number of rotatable bonds is 12. The molecule has 0 heterocycles. The van der Waals surface area contributed by atoms with E-state index in [0.29, 0.717) is 15.0 Å². The van der Waals surface area contributed by atoms with E-state index in [9.17, 15) is 30.3 Å². The van der Waals surface area contributed by atoms with Gasteiger partial charge in [0, 0.05) is 0 Å². The lowest BCUT2D eigenvalue weighted by Crippen LogP contribution is -2.68. The Morgan fingerprint density at radius 3 is 0.738 bits per heavy atom. The third-order valence-electron chi connectivity index (χ3n) is 2.96. The molecule has 0 amide bonds. The van der Waals surface area contributed by atoms with Crippen LogP contribution in [0.15, 0.2) is 18.2 Å². The SMILES string of the molecule is NOCN(c1cc(N(CON)[N+](=O)[O-])cc(N(CON)[N+](=O)[O-])c1)[N+](=O)[O-].[O-][Cl+3]([O-])([O-])[O-].[O-][Cl+3]([O-])([O-])[O-].[O-][Cl+3]([O-])([O-])[O-]. The maximum atomic E-state index is 11.2. The normalized spacial score (nSPS) is 10.9. The standard InChI is InChI=1S/C9H15N9O9.3ClHO4/c10-25-4-13(16(19)20)7-1-8(14(5-26-11)17(21)22)3-9(2-7)15(6-27-12)18(23)24;3*2-1(3,4)5/h1-3H,4-6,10-12H2;3*(H,2,3,4,5)/p-3. The molecule has 0 aliphatic carbocycles. The van der Waals surface area contributed by atoms with Crippen LogP contribution in [0.25, 0.3) is 0 Å². The van der Waals surface area contributed by atoms with Crippen molar-refractivity contribution in [2.24, 2.45) is 17.7 Å². The summed E-state index contributed by atoms with van der Waals surface area (Å²) in [5.74, 6) is 14.5. The van der Waals surface area contributed by atoms with Gasteiger partial charge < -0.3 is 0 Å². The number of anilines is 3. The Morgan fingerprint density at radius 2 is 0.643 bits per heavy atom. The van der Waals surface area contributed by atoms with Crippen LogP contribution in [0.2, 0.25) is 0 Å². The van der Waals surface area contributed by atoms with Crippen LogP contribution in [0.1, 0.15) is 0 Å². The first-order chi connectivity index (χ1) is 18.8. The molecule has 0 radical (unpaired) electrons. The first kappa shape index (κ1) is 43.4. The minimum absolute atomic E-state index is 0.342. The fourth-order valence-electron chi connectivity index (χ4n) is 1.89. The van der Waals surface area contributed by atoms with Crippen molar-refractivity contribution in [1.82, 2.24) is 0 Å². The van der Waals surface area contributed by atoms with E-state index >= 15 is 0 Å². The van der Waals surface area contributed by atoms with E-state index in [2.05, 4.69) is 14.5 Å². The molecule has 33 heteroatoms. The lowest BCUT2D eigenvalue weighted by molar-refractivity contribution is -2.00. The Kier molecular flexibility index (Phi) is 20.7. The van der Waals surface area contributed by atoms with Gasteiger partial charge in [-0.25, -0.2) is 104 Å². The molecule has 0 atom stereocenters. The fraction of sp³-hybridized carbons (Fsp3) is 0.333. The molecular formula is C9H15Cl3N9O21-3. The zero-order valence-corrected chi connectivity index (χ0v) is 21.7. The molecule has 1 rings (SSSR count). The maximum absolute atomic E-state index is 11.2. The summed E-state index contributed by atoms with van der Waals surface area (Å²) in [6.07, 6.45) is 0. The highest BCUT2D eigenvalue weighted by molar-refractivity contribution is 5.67. The molecule has 30 nitrogen and oxygen atoms in total. The molecule has 0 aromatic heterocycles. The molecule has 6 N–H and O–H groups in total. The van der Waals surface area contributed by atoms with Gasteiger partial charge in [-0.1, -0.05) is 15.0 Å². The third kappa shape index (κ3) is 27.2. The van der Waals surface area contributed by atoms with E-state index in [-0.39, 0.29) is 17.1 Å². The number of nitrogens with two attached hydrogens (primary N) is 3. The van der Waals surface area contributed by atoms with Crippen LogP contribution in [0, 0.1) is 61.1 Å². The molecule has 0 spiro atoms. The first-order valence-electron chi connectivity index (χ1n) is 8.47. The van der Waals surface area contributed by atoms with Crippen LogP contribution in [0.3, 0.4) is 0 Å². The van der Waals surface area contributed by atoms with Crippen molar-refractivity contribution in [2.45, 2.75) is 0 Å². The Morgan fingerprint density at radius 1 is 0.500 bits per heavy atom. The molecule has 0 unspecified atom stereocenters. The number of halogens is 3. The molecule has 0 aliphatic heterocycles. The Hall–Kier alpha value is -3.03. The van der Waals surface area contributed by atoms with E-state index in [1.54, 1.807) is 0 Å². The topological polar surface area (TPSA) is 522 Å². The van der Waals surface area contributed by atoms with Crippen molar-refractivity contribution in [1.29, 1.82) is 0 Å². The lowest BCUT2D eigenvalue weighted by Gasteiger charge is -2.20. The van der Waals surface area contributed by atoms with Crippen LogP contribution >= 0.6 is 0 Å². The molecule has 1 aromatic rings. The second kappa shape index (κ2) is 20.0. The van der Waals surface area contributed by atoms with E-state index < -0.39 is 66.0 Å². The minimum Gasteiger partial charge on any atom is -0.277 e. The summed E-state index contributed by atoms with van der Waals surface area (Å²) < 4.78 is 102. The second-order valence-corrected chi connectivity index (χ2v) is 7.91. The summed E-state index contributed by atoms with van der Waals surface area (Å²) in [5, 5.41) is 31.7. The molecule has 0 saturated carbocycles. The summed E-state index contributed by atoms with van der Waals surface area (Å²) in [6.45, 7) is -2.31.